The van der Waals surface area contributed by atoms with Gasteiger partial charge in [-0.1, -0.05) is 0 Å². The SMILES string of the molecule is CNc1ccn([C@@H]2O[C@H](CO)[C@H](O)[C@@H]2O)c(=O)n1. The molecule has 1 fully saturated rings. The molecule has 0 aliphatic carbocycles. The molecule has 2 rings (SSSR count). The van der Waals surface area contributed by atoms with Gasteiger partial charge in [0.2, 0.25) is 0 Å². The first-order valence-electron chi connectivity index (χ1n) is 5.48. The van der Waals surface area contributed by atoms with Gasteiger partial charge in [0, 0.05) is 13.2 Å². The molecule has 100 valence electrons. The maximum absolute atomic E-state index is 11.7. The second-order valence-corrected chi connectivity index (χ2v) is 3.98. The Bertz CT molecular complexity index is 477. The minimum Gasteiger partial charge on any atom is -0.394 e. The Kier molecular flexibility index (Phi) is 3.62. The van der Waals surface area contributed by atoms with Gasteiger partial charge in [0.1, 0.15) is 24.1 Å². The van der Waals surface area contributed by atoms with Crippen LogP contribution in [0.25, 0.3) is 0 Å². The summed E-state index contributed by atoms with van der Waals surface area (Å²) in [7, 11) is 1.62. The van der Waals surface area contributed by atoms with Crippen LogP contribution in [0.2, 0.25) is 0 Å². The Hall–Kier alpha value is -1.48. The van der Waals surface area contributed by atoms with Crippen molar-refractivity contribution in [2.75, 3.05) is 19.0 Å². The second-order valence-electron chi connectivity index (χ2n) is 3.98. The molecule has 18 heavy (non-hydrogen) atoms. The summed E-state index contributed by atoms with van der Waals surface area (Å²) < 4.78 is 6.30. The molecular weight excluding hydrogens is 242 g/mol. The van der Waals surface area contributed by atoms with Crippen LogP contribution in [-0.4, -0.2) is 56.8 Å². The number of aliphatic hydroxyl groups excluding tert-OH is 3. The van der Waals surface area contributed by atoms with Crippen LogP contribution in [0, 0.1) is 0 Å². The fourth-order valence-corrected chi connectivity index (χ4v) is 1.86. The van der Waals surface area contributed by atoms with Gasteiger partial charge in [-0.2, -0.15) is 4.98 Å². The van der Waals surface area contributed by atoms with Gasteiger partial charge in [0.05, 0.1) is 6.61 Å². The van der Waals surface area contributed by atoms with Crippen molar-refractivity contribution in [2.45, 2.75) is 24.5 Å². The molecule has 1 aliphatic rings. The van der Waals surface area contributed by atoms with E-state index in [9.17, 15) is 15.0 Å². The third-order valence-corrected chi connectivity index (χ3v) is 2.88. The third-order valence-electron chi connectivity index (χ3n) is 2.88. The topological polar surface area (TPSA) is 117 Å². The van der Waals surface area contributed by atoms with E-state index >= 15 is 0 Å². The Balaban J connectivity index is 2.30. The third kappa shape index (κ3) is 2.10. The molecule has 8 nitrogen and oxygen atoms in total. The van der Waals surface area contributed by atoms with E-state index in [0.29, 0.717) is 5.82 Å². The highest BCUT2D eigenvalue weighted by Crippen LogP contribution is 2.27. The lowest BCUT2D eigenvalue weighted by molar-refractivity contribution is -0.0549. The van der Waals surface area contributed by atoms with E-state index in [1.165, 1.54) is 12.3 Å². The molecule has 1 aromatic heterocycles. The van der Waals surface area contributed by atoms with E-state index in [1.54, 1.807) is 7.05 Å². The molecule has 8 heteroatoms. The van der Waals surface area contributed by atoms with Crippen molar-refractivity contribution in [1.82, 2.24) is 9.55 Å². The summed E-state index contributed by atoms with van der Waals surface area (Å²) >= 11 is 0. The summed E-state index contributed by atoms with van der Waals surface area (Å²) in [5, 5.41) is 31.0. The fraction of sp³-hybridized carbons (Fsp3) is 0.600. The zero-order valence-electron chi connectivity index (χ0n) is 9.72. The number of rotatable bonds is 3. The highest BCUT2D eigenvalue weighted by Gasteiger charge is 2.43. The van der Waals surface area contributed by atoms with Crippen molar-refractivity contribution in [1.29, 1.82) is 0 Å². The number of anilines is 1. The number of aliphatic hydroxyl groups is 3. The number of nitrogens with one attached hydrogen (secondary N) is 1. The van der Waals surface area contributed by atoms with E-state index in [2.05, 4.69) is 10.3 Å². The number of hydrogen-bond donors (Lipinski definition) is 4. The Morgan fingerprint density at radius 1 is 1.50 bits per heavy atom. The highest BCUT2D eigenvalue weighted by atomic mass is 16.6. The zero-order chi connectivity index (χ0) is 13.3. The monoisotopic (exact) mass is 257 g/mol. The van der Waals surface area contributed by atoms with E-state index in [0.717, 1.165) is 4.57 Å². The standard InChI is InChI=1S/C10H15N3O5/c1-11-6-2-3-13(10(17)12-6)9-8(16)7(15)5(4-14)18-9/h2-3,5,7-9,14-16H,4H2,1H3,(H,11,12,17)/t5-,7+,8+,9-/m1/s1. The normalized spacial score (nSPS) is 31.6. The lowest BCUT2D eigenvalue weighted by Gasteiger charge is -2.17. The van der Waals surface area contributed by atoms with E-state index in [-0.39, 0.29) is 0 Å². The molecule has 0 amide bonds. The quantitative estimate of drug-likeness (QED) is 0.490. The van der Waals surface area contributed by atoms with Gasteiger partial charge in [0.15, 0.2) is 6.23 Å². The van der Waals surface area contributed by atoms with Crippen LogP contribution in [0.1, 0.15) is 6.23 Å². The number of nitrogens with zero attached hydrogens (tertiary/aromatic N) is 2. The molecule has 0 aromatic carbocycles. The number of hydrogen-bond acceptors (Lipinski definition) is 7. The summed E-state index contributed by atoms with van der Waals surface area (Å²) in [6.45, 7) is -0.439. The Labute approximate surface area is 102 Å². The summed E-state index contributed by atoms with van der Waals surface area (Å²) in [4.78, 5) is 15.4. The summed E-state index contributed by atoms with van der Waals surface area (Å²) in [5.74, 6) is 0.392. The average Bonchev–Trinajstić information content (AvgIpc) is 2.66. The Morgan fingerprint density at radius 3 is 2.72 bits per heavy atom. The zero-order valence-corrected chi connectivity index (χ0v) is 9.72. The van der Waals surface area contributed by atoms with Crippen molar-refractivity contribution in [3.63, 3.8) is 0 Å². The number of aromatic nitrogens is 2. The average molecular weight is 257 g/mol. The maximum Gasteiger partial charge on any atom is 0.351 e. The largest absolute Gasteiger partial charge is 0.394 e. The predicted octanol–water partition coefficient (Wildman–Crippen LogP) is -2.10. The van der Waals surface area contributed by atoms with Crippen LogP contribution < -0.4 is 11.0 Å². The minimum absolute atomic E-state index is 0.392. The summed E-state index contributed by atoms with van der Waals surface area (Å²) in [6.07, 6.45) is -3.09. The molecule has 0 unspecified atom stereocenters. The molecule has 4 atom stereocenters. The molecule has 0 spiro atoms. The van der Waals surface area contributed by atoms with Crippen molar-refractivity contribution in [3.8, 4) is 0 Å². The summed E-state index contributed by atoms with van der Waals surface area (Å²) in [5.41, 5.74) is -0.614. The van der Waals surface area contributed by atoms with Gasteiger partial charge in [-0.25, -0.2) is 4.79 Å². The van der Waals surface area contributed by atoms with E-state index < -0.39 is 36.8 Å². The molecule has 1 saturated heterocycles. The van der Waals surface area contributed by atoms with Crippen LogP contribution >= 0.6 is 0 Å². The van der Waals surface area contributed by atoms with Gasteiger partial charge in [-0.15, -0.1) is 0 Å². The fourth-order valence-electron chi connectivity index (χ4n) is 1.86. The first-order chi connectivity index (χ1) is 8.58. The lowest BCUT2D eigenvalue weighted by atomic mass is 10.1. The van der Waals surface area contributed by atoms with Crippen molar-refractivity contribution >= 4 is 5.82 Å². The van der Waals surface area contributed by atoms with E-state index in [4.69, 9.17) is 9.84 Å². The Morgan fingerprint density at radius 2 is 2.22 bits per heavy atom. The van der Waals surface area contributed by atoms with Gasteiger partial charge < -0.3 is 25.4 Å². The van der Waals surface area contributed by atoms with Crippen LogP contribution in [-0.2, 0) is 4.74 Å². The molecule has 0 bridgehead atoms. The molecule has 2 heterocycles. The van der Waals surface area contributed by atoms with Crippen LogP contribution in [0.4, 0.5) is 5.82 Å². The molecule has 0 radical (unpaired) electrons. The smallest absolute Gasteiger partial charge is 0.351 e. The molecule has 1 aliphatic heterocycles. The van der Waals surface area contributed by atoms with Crippen molar-refractivity contribution < 1.29 is 20.1 Å². The van der Waals surface area contributed by atoms with Gasteiger partial charge in [0.25, 0.3) is 0 Å². The minimum atomic E-state index is -1.29. The molecule has 1 aromatic rings. The first kappa shape index (κ1) is 13.0. The van der Waals surface area contributed by atoms with Gasteiger partial charge >= 0.3 is 5.69 Å². The van der Waals surface area contributed by atoms with Crippen LogP contribution in [0.5, 0.6) is 0 Å². The first-order valence-corrected chi connectivity index (χ1v) is 5.48. The number of ether oxygens (including phenoxy) is 1. The van der Waals surface area contributed by atoms with Gasteiger partial charge in [-0.05, 0) is 6.07 Å². The van der Waals surface area contributed by atoms with Crippen molar-refractivity contribution in [2.24, 2.45) is 0 Å². The van der Waals surface area contributed by atoms with E-state index in [1.807, 2.05) is 0 Å². The van der Waals surface area contributed by atoms with Gasteiger partial charge in [-0.3, -0.25) is 4.57 Å². The second kappa shape index (κ2) is 5.02. The summed E-state index contributed by atoms with van der Waals surface area (Å²) in [6, 6.07) is 1.54. The molecule has 4 N–H and O–H groups in total. The van der Waals surface area contributed by atoms with Crippen LogP contribution in [0.3, 0.4) is 0 Å². The van der Waals surface area contributed by atoms with Crippen molar-refractivity contribution in [3.05, 3.63) is 22.7 Å². The highest BCUT2D eigenvalue weighted by molar-refractivity contribution is 5.30. The van der Waals surface area contributed by atoms with Crippen LogP contribution in [0.15, 0.2) is 17.1 Å². The predicted molar refractivity (Wildman–Crippen MR) is 61.1 cm³/mol. The molecule has 0 saturated carbocycles. The maximum atomic E-state index is 11.7. The lowest BCUT2D eigenvalue weighted by Crippen LogP contribution is -2.36. The molecular formula is C10H15N3O5.